The quantitative estimate of drug-likeness (QED) is 0.819. The van der Waals surface area contributed by atoms with E-state index in [1.807, 2.05) is 0 Å². The second kappa shape index (κ2) is 5.01. The van der Waals surface area contributed by atoms with E-state index in [0.717, 1.165) is 0 Å². The van der Waals surface area contributed by atoms with Gasteiger partial charge < -0.3 is 10.1 Å². The molecular formula is C10H11N5O. The average Bonchev–Trinajstić information content (AvgIpc) is 2.38. The van der Waals surface area contributed by atoms with Gasteiger partial charge in [-0.1, -0.05) is 0 Å². The zero-order valence-electron chi connectivity index (χ0n) is 8.79. The highest BCUT2D eigenvalue weighted by atomic mass is 16.5. The summed E-state index contributed by atoms with van der Waals surface area (Å²) in [5.41, 5.74) is 0. The smallest absolute Gasteiger partial charge is 0.218 e. The van der Waals surface area contributed by atoms with Gasteiger partial charge in [-0.2, -0.15) is 0 Å². The van der Waals surface area contributed by atoms with E-state index in [-0.39, 0.29) is 0 Å². The molecule has 2 heterocycles. The van der Waals surface area contributed by atoms with Crippen LogP contribution in [0.3, 0.4) is 0 Å². The van der Waals surface area contributed by atoms with Gasteiger partial charge in [0.05, 0.1) is 13.7 Å². The summed E-state index contributed by atoms with van der Waals surface area (Å²) in [6, 6.07) is 3.49. The van der Waals surface area contributed by atoms with Crippen molar-refractivity contribution in [2.24, 2.45) is 0 Å². The van der Waals surface area contributed by atoms with Crippen LogP contribution in [0.2, 0.25) is 0 Å². The van der Waals surface area contributed by atoms with Crippen molar-refractivity contribution in [1.82, 2.24) is 19.9 Å². The van der Waals surface area contributed by atoms with Crippen LogP contribution in [0, 0.1) is 0 Å². The number of nitrogens with one attached hydrogen (secondary N) is 1. The van der Waals surface area contributed by atoms with Crippen LogP contribution < -0.4 is 10.1 Å². The summed E-state index contributed by atoms with van der Waals surface area (Å²) in [7, 11) is 1.56. The number of hydrogen-bond acceptors (Lipinski definition) is 6. The first kappa shape index (κ1) is 10.3. The van der Waals surface area contributed by atoms with Gasteiger partial charge in [0.25, 0.3) is 0 Å². The van der Waals surface area contributed by atoms with Crippen molar-refractivity contribution < 1.29 is 4.74 Å². The van der Waals surface area contributed by atoms with Crippen molar-refractivity contribution in [3.8, 4) is 5.88 Å². The topological polar surface area (TPSA) is 72.8 Å². The van der Waals surface area contributed by atoms with Crippen molar-refractivity contribution in [3.05, 3.63) is 36.7 Å². The summed E-state index contributed by atoms with van der Waals surface area (Å²) in [4.78, 5) is 16.1. The Balaban J connectivity index is 1.99. The van der Waals surface area contributed by atoms with Gasteiger partial charge >= 0.3 is 0 Å². The Bertz CT molecular complexity index is 448. The van der Waals surface area contributed by atoms with Crippen LogP contribution in [0.15, 0.2) is 30.9 Å². The van der Waals surface area contributed by atoms with Gasteiger partial charge in [-0.15, -0.1) is 0 Å². The Morgan fingerprint density at radius 3 is 2.75 bits per heavy atom. The van der Waals surface area contributed by atoms with E-state index in [9.17, 15) is 0 Å². The first-order valence-corrected chi connectivity index (χ1v) is 4.74. The monoisotopic (exact) mass is 217 g/mol. The van der Waals surface area contributed by atoms with E-state index in [0.29, 0.717) is 24.1 Å². The summed E-state index contributed by atoms with van der Waals surface area (Å²) < 4.78 is 4.98. The van der Waals surface area contributed by atoms with E-state index in [1.165, 1.54) is 6.33 Å². The van der Waals surface area contributed by atoms with E-state index in [4.69, 9.17) is 4.74 Å². The Hall–Kier alpha value is -2.24. The van der Waals surface area contributed by atoms with Gasteiger partial charge in [-0.3, -0.25) is 0 Å². The van der Waals surface area contributed by atoms with Crippen molar-refractivity contribution in [2.75, 3.05) is 12.4 Å². The van der Waals surface area contributed by atoms with Crippen molar-refractivity contribution in [3.63, 3.8) is 0 Å². The van der Waals surface area contributed by atoms with E-state index >= 15 is 0 Å². The molecule has 0 radical (unpaired) electrons. The van der Waals surface area contributed by atoms with Crippen LogP contribution in [0.25, 0.3) is 0 Å². The summed E-state index contributed by atoms with van der Waals surface area (Å²) in [5.74, 6) is 1.91. The minimum Gasteiger partial charge on any atom is -0.481 e. The first-order chi connectivity index (χ1) is 7.88. The molecule has 0 atom stereocenters. The molecule has 0 fully saturated rings. The minimum atomic E-state index is 0.515. The number of hydrogen-bond donors (Lipinski definition) is 1. The molecular weight excluding hydrogens is 206 g/mol. The maximum atomic E-state index is 4.98. The maximum absolute atomic E-state index is 4.98. The lowest BCUT2D eigenvalue weighted by Crippen LogP contribution is -2.05. The third-order valence-electron chi connectivity index (χ3n) is 1.90. The zero-order chi connectivity index (χ0) is 11.2. The zero-order valence-corrected chi connectivity index (χ0v) is 8.79. The number of anilines is 1. The number of aromatic nitrogens is 4. The fourth-order valence-corrected chi connectivity index (χ4v) is 1.14. The SMILES string of the molecule is COc1cc(NCc2ncccn2)ncn1. The molecule has 0 spiro atoms. The van der Waals surface area contributed by atoms with E-state index < -0.39 is 0 Å². The molecule has 6 heteroatoms. The van der Waals surface area contributed by atoms with Crippen molar-refractivity contribution >= 4 is 5.82 Å². The third kappa shape index (κ3) is 2.63. The van der Waals surface area contributed by atoms with E-state index in [2.05, 4.69) is 25.3 Å². The largest absolute Gasteiger partial charge is 0.481 e. The average molecular weight is 217 g/mol. The number of rotatable bonds is 4. The third-order valence-corrected chi connectivity index (χ3v) is 1.90. The summed E-state index contributed by atoms with van der Waals surface area (Å²) in [5, 5.41) is 3.08. The Morgan fingerprint density at radius 2 is 2.00 bits per heavy atom. The van der Waals surface area contributed by atoms with Crippen LogP contribution in [-0.4, -0.2) is 27.0 Å². The normalized spacial score (nSPS) is 9.81. The Labute approximate surface area is 92.8 Å². The lowest BCUT2D eigenvalue weighted by atomic mass is 10.5. The van der Waals surface area contributed by atoms with Gasteiger partial charge in [0.2, 0.25) is 5.88 Å². The molecule has 1 N–H and O–H groups in total. The van der Waals surface area contributed by atoms with Crippen LogP contribution in [0.4, 0.5) is 5.82 Å². The molecule has 82 valence electrons. The van der Waals surface area contributed by atoms with Crippen molar-refractivity contribution in [2.45, 2.75) is 6.54 Å². The molecule has 0 saturated carbocycles. The first-order valence-electron chi connectivity index (χ1n) is 4.74. The Kier molecular flexibility index (Phi) is 3.22. The highest BCUT2D eigenvalue weighted by molar-refractivity contribution is 5.36. The molecule has 2 aromatic rings. The van der Waals surface area contributed by atoms with Gasteiger partial charge in [-0.05, 0) is 6.07 Å². The Morgan fingerprint density at radius 1 is 1.19 bits per heavy atom. The van der Waals surface area contributed by atoms with Gasteiger partial charge in [0, 0.05) is 18.5 Å². The molecule has 0 amide bonds. The number of nitrogens with zero attached hydrogens (tertiary/aromatic N) is 4. The standard InChI is InChI=1S/C10H11N5O/c1-16-10-5-8(14-7-15-10)13-6-9-11-3-2-4-12-9/h2-5,7H,6H2,1H3,(H,13,14,15). The fraction of sp³-hybridized carbons (Fsp3) is 0.200. The number of ether oxygens (including phenoxy) is 1. The molecule has 16 heavy (non-hydrogen) atoms. The van der Waals surface area contributed by atoms with E-state index in [1.54, 1.807) is 31.6 Å². The van der Waals surface area contributed by atoms with Gasteiger partial charge in [-0.25, -0.2) is 19.9 Å². The van der Waals surface area contributed by atoms with Crippen LogP contribution in [0.1, 0.15) is 5.82 Å². The maximum Gasteiger partial charge on any atom is 0.218 e. The molecule has 0 aliphatic carbocycles. The molecule has 0 aliphatic rings. The predicted molar refractivity (Wildman–Crippen MR) is 57.9 cm³/mol. The molecule has 0 bridgehead atoms. The second-order valence-electron chi connectivity index (χ2n) is 2.96. The fourth-order valence-electron chi connectivity index (χ4n) is 1.14. The van der Waals surface area contributed by atoms with Gasteiger partial charge in [0.1, 0.15) is 18.0 Å². The lowest BCUT2D eigenvalue weighted by molar-refractivity contribution is 0.397. The van der Waals surface area contributed by atoms with Crippen LogP contribution in [-0.2, 0) is 6.54 Å². The minimum absolute atomic E-state index is 0.515. The highest BCUT2D eigenvalue weighted by Crippen LogP contribution is 2.10. The van der Waals surface area contributed by atoms with Crippen LogP contribution >= 0.6 is 0 Å². The molecule has 0 aromatic carbocycles. The summed E-state index contributed by atoms with van der Waals surface area (Å²) in [6.45, 7) is 0.515. The lowest BCUT2D eigenvalue weighted by Gasteiger charge is -2.04. The predicted octanol–water partition coefficient (Wildman–Crippen LogP) is 0.887. The molecule has 0 aliphatic heterocycles. The van der Waals surface area contributed by atoms with Crippen molar-refractivity contribution in [1.29, 1.82) is 0 Å². The summed E-state index contributed by atoms with van der Waals surface area (Å²) >= 11 is 0. The molecule has 2 aromatic heterocycles. The molecule has 6 nitrogen and oxygen atoms in total. The summed E-state index contributed by atoms with van der Waals surface area (Å²) in [6.07, 6.45) is 4.84. The second-order valence-corrected chi connectivity index (χ2v) is 2.96. The van der Waals surface area contributed by atoms with Crippen LogP contribution in [0.5, 0.6) is 5.88 Å². The molecule has 0 saturated heterocycles. The van der Waals surface area contributed by atoms with Gasteiger partial charge in [0.15, 0.2) is 0 Å². The molecule has 2 rings (SSSR count). The highest BCUT2D eigenvalue weighted by Gasteiger charge is 1.99. The number of methoxy groups -OCH3 is 1. The molecule has 0 unspecified atom stereocenters.